The molecule has 0 spiro atoms. The average molecular weight is 942 g/mol. The fourth-order valence-corrected chi connectivity index (χ4v) is 8.78. The molecule has 23 nitrogen and oxygen atoms in total. The molecule has 0 aromatic carbocycles. The minimum atomic E-state index is -6.15. The molecule has 0 radical (unpaired) electrons. The fraction of sp³-hybridized carbons (Fsp3) is 0.857. The van der Waals surface area contributed by atoms with Crippen molar-refractivity contribution in [2.45, 2.75) is 108 Å². The van der Waals surface area contributed by atoms with E-state index in [0.717, 1.165) is 6.33 Å². The second-order valence-corrected chi connectivity index (χ2v) is 17.8. The molecule has 0 aliphatic carbocycles. The van der Waals surface area contributed by atoms with Gasteiger partial charge in [-0.2, -0.15) is 4.98 Å². The largest absolute Gasteiger partial charge is 0.790 e. The number of aromatic amines is 1. The van der Waals surface area contributed by atoms with E-state index in [-0.39, 0.29) is 17.1 Å². The number of aliphatic hydroxyl groups is 1. The summed E-state index contributed by atoms with van der Waals surface area (Å²) in [7, 11) is -16.9. The average Bonchev–Trinajstić information content (AvgIpc) is 3.76. The van der Waals surface area contributed by atoms with E-state index in [1.807, 2.05) is 0 Å². The summed E-state index contributed by atoms with van der Waals surface area (Å²) < 4.78 is 55.9. The first-order valence-electron chi connectivity index (χ1n) is 21.2. The number of phosphoric acid groups is 3. The van der Waals surface area contributed by atoms with E-state index in [0.29, 0.717) is 0 Å². The third-order valence-electron chi connectivity index (χ3n) is 10.1. The van der Waals surface area contributed by atoms with Gasteiger partial charge in [0, 0.05) is 7.11 Å². The number of methoxy groups -OCH3 is 1. The molecule has 1 aliphatic heterocycles. The van der Waals surface area contributed by atoms with E-state index in [1.54, 1.807) is 19.6 Å². The second kappa shape index (κ2) is 32.0. The van der Waals surface area contributed by atoms with Gasteiger partial charge in [0.25, 0.3) is 21.2 Å². The minimum Gasteiger partial charge on any atom is -0.790 e. The normalized spacial score (nSPS) is 19.6. The summed E-state index contributed by atoms with van der Waals surface area (Å²) in [6.45, 7) is 40.9. The summed E-state index contributed by atoms with van der Waals surface area (Å²) >= 11 is 0. The van der Waals surface area contributed by atoms with Gasteiger partial charge in [-0.3, -0.25) is 27.8 Å². The zero-order valence-electron chi connectivity index (χ0n) is 38.6. The predicted octanol–water partition coefficient (Wildman–Crippen LogP) is -4.49. The lowest BCUT2D eigenvalue weighted by atomic mass is 10.1. The summed E-state index contributed by atoms with van der Waals surface area (Å²) in [5.74, 6) is -0.254. The molecule has 6 atom stereocenters. The van der Waals surface area contributed by atoms with Crippen molar-refractivity contribution in [2.75, 3.05) is 98.0 Å². The number of hydrogen-bond acceptors (Lipinski definition) is 17. The standard InChI is InChI=1S/C11H18N5O14P3.4C6H15N/c1-26-7-6(17)4(2-27-32(22,23)30-33(24,25)29-31(19,20)21)28-10(7)16-3-13-5-8(16)14-11(12)15-9(5)18;4*1-4-7(5-2)6-3/h3-4,6-7,10,17H,2H2,1H3,(H,22,23)(H,24,25)(H2,19,20,21)(H3,12,14,15,18);4*4-6H2,1-3H3/t4-,6-,7-,10-;;;;/m1..../s1. The van der Waals surface area contributed by atoms with Crippen LogP contribution in [0.25, 0.3) is 11.2 Å². The second-order valence-electron chi connectivity index (χ2n) is 13.6. The third kappa shape index (κ3) is 24.2. The van der Waals surface area contributed by atoms with Crippen molar-refractivity contribution in [3.63, 3.8) is 0 Å². The van der Waals surface area contributed by atoms with Crippen molar-refractivity contribution < 1.29 is 80.6 Å². The van der Waals surface area contributed by atoms with E-state index in [1.165, 1.54) is 90.2 Å². The molecule has 1 saturated heterocycles. The smallest absolute Gasteiger partial charge is 0.280 e. The lowest BCUT2D eigenvalue weighted by molar-refractivity contribution is -0.894. The van der Waals surface area contributed by atoms with Gasteiger partial charge in [0.15, 0.2) is 17.4 Å². The van der Waals surface area contributed by atoms with E-state index in [4.69, 9.17) is 15.2 Å². The van der Waals surface area contributed by atoms with Crippen LogP contribution in [0, 0.1) is 0 Å². The van der Waals surface area contributed by atoms with E-state index in [9.17, 15) is 43.2 Å². The first-order valence-corrected chi connectivity index (χ1v) is 25.5. The van der Waals surface area contributed by atoms with Crippen molar-refractivity contribution in [2.24, 2.45) is 0 Å². The molecule has 26 heteroatoms. The van der Waals surface area contributed by atoms with Gasteiger partial charge in [-0.15, -0.1) is 0 Å². The van der Waals surface area contributed by atoms with Gasteiger partial charge in [-0.05, 0) is 83.1 Å². The van der Waals surface area contributed by atoms with Gasteiger partial charge in [-0.25, -0.2) is 9.29 Å². The maximum Gasteiger partial charge on any atom is 0.280 e. The Morgan fingerprint density at radius 3 is 1.46 bits per heavy atom. The van der Waals surface area contributed by atoms with Gasteiger partial charge in [0.1, 0.15) is 18.3 Å². The molecule has 0 bridgehead atoms. The Bertz CT molecular complexity index is 1570. The van der Waals surface area contributed by atoms with Crippen LogP contribution in [0.15, 0.2) is 11.1 Å². The van der Waals surface area contributed by atoms with Crippen LogP contribution in [0.1, 0.15) is 89.3 Å². The van der Waals surface area contributed by atoms with Gasteiger partial charge in [0.05, 0.1) is 99.3 Å². The molecule has 0 amide bonds. The molecule has 1 fully saturated rings. The lowest BCUT2D eigenvalue weighted by Gasteiger charge is -2.37. The molecular formula is C35H78N9O14P3. The summed E-state index contributed by atoms with van der Waals surface area (Å²) in [6.07, 6.45) is -4.36. The molecular weight excluding hydrogens is 863 g/mol. The zero-order valence-corrected chi connectivity index (χ0v) is 41.3. The Kier molecular flexibility index (Phi) is 32.2. The number of fused-ring (bicyclic) bond motifs is 1. The van der Waals surface area contributed by atoms with Crippen LogP contribution < -0.4 is 50.5 Å². The monoisotopic (exact) mass is 941 g/mol. The summed E-state index contributed by atoms with van der Waals surface area (Å²) in [6, 6.07) is 0. The third-order valence-corrected chi connectivity index (χ3v) is 13.8. The Hall–Kier alpha value is -1.72. The van der Waals surface area contributed by atoms with E-state index in [2.05, 4.69) is 111 Å². The van der Waals surface area contributed by atoms with Crippen molar-refractivity contribution >= 4 is 40.6 Å². The molecule has 2 aromatic heterocycles. The number of aliphatic hydroxyl groups excluding tert-OH is 1. The van der Waals surface area contributed by atoms with Crippen LogP contribution in [-0.2, 0) is 36.3 Å². The Balaban J connectivity index is 0. The molecule has 3 rings (SSSR count). The van der Waals surface area contributed by atoms with Gasteiger partial charge in [0.2, 0.25) is 5.95 Å². The number of H-pyrrole nitrogens is 1. The molecule has 2 unspecified atom stereocenters. The van der Waals surface area contributed by atoms with Crippen LogP contribution in [0.5, 0.6) is 0 Å². The maximum atomic E-state index is 11.9. The highest BCUT2D eigenvalue weighted by Gasteiger charge is 2.46. The van der Waals surface area contributed by atoms with Crippen LogP contribution in [-0.4, -0.2) is 135 Å². The number of anilines is 1. The van der Waals surface area contributed by atoms with Gasteiger partial charge < -0.3 is 68.6 Å². The highest BCUT2D eigenvalue weighted by Crippen LogP contribution is 2.60. The minimum absolute atomic E-state index is 0.0565. The van der Waals surface area contributed by atoms with Crippen molar-refractivity contribution in [1.29, 1.82) is 0 Å². The number of ether oxygens (including phenoxy) is 2. The fourth-order valence-electron chi connectivity index (χ4n) is 5.91. The SMILES string of the molecule is CC[NH+](CC)CC.CC[NH+](CC)CC.CC[NH+](CC)CC.CC[NH+](CC)CC.CO[C@@H]1[C@H](O)[C@@H](COP(=O)([O-])OP(=O)([O-])OP(=O)([O-])[O-])O[C@H]1n1cnc2c(=O)[nH]c(N)nc21. The first kappa shape index (κ1) is 61.4. The summed E-state index contributed by atoms with van der Waals surface area (Å²) in [5, 5.41) is 10.4. The number of hydrogen-bond donors (Lipinski definition) is 7. The first-order chi connectivity index (χ1) is 28.5. The molecule has 3 heterocycles. The number of nitrogens with two attached hydrogens (primary N) is 1. The highest BCUT2D eigenvalue weighted by atomic mass is 31.3. The van der Waals surface area contributed by atoms with Crippen LogP contribution in [0.3, 0.4) is 0 Å². The summed E-state index contributed by atoms with van der Waals surface area (Å²) in [4.78, 5) is 72.3. The number of nitrogens with zero attached hydrogens (tertiary/aromatic N) is 3. The Labute approximate surface area is 362 Å². The van der Waals surface area contributed by atoms with Crippen LogP contribution >= 0.6 is 23.5 Å². The van der Waals surface area contributed by atoms with Gasteiger partial charge >= 0.3 is 0 Å². The predicted molar refractivity (Wildman–Crippen MR) is 225 cm³/mol. The number of phosphoric ester groups is 1. The number of rotatable bonds is 21. The molecule has 8 N–H and O–H groups in total. The molecule has 61 heavy (non-hydrogen) atoms. The van der Waals surface area contributed by atoms with Crippen LogP contribution in [0.4, 0.5) is 5.95 Å². The van der Waals surface area contributed by atoms with Crippen molar-refractivity contribution in [3.05, 3.63) is 16.7 Å². The van der Waals surface area contributed by atoms with E-state index < -0.39 is 60.2 Å². The lowest BCUT2D eigenvalue weighted by Crippen LogP contribution is -3.11. The topological polar surface area (TPSA) is 317 Å². The van der Waals surface area contributed by atoms with E-state index >= 15 is 0 Å². The zero-order chi connectivity index (χ0) is 47.6. The molecule has 1 aliphatic rings. The van der Waals surface area contributed by atoms with Crippen molar-refractivity contribution in [1.82, 2.24) is 19.5 Å². The number of quaternary nitrogens is 4. The maximum absolute atomic E-state index is 11.9. The molecule has 362 valence electrons. The van der Waals surface area contributed by atoms with Gasteiger partial charge in [-0.1, -0.05) is 0 Å². The Morgan fingerprint density at radius 1 is 0.738 bits per heavy atom. The number of nitrogen functional groups attached to an aromatic ring is 1. The Morgan fingerprint density at radius 2 is 1.13 bits per heavy atom. The number of aromatic nitrogens is 4. The summed E-state index contributed by atoms with van der Waals surface area (Å²) in [5.41, 5.74) is 4.66. The quantitative estimate of drug-likeness (QED) is 0.0581. The van der Waals surface area contributed by atoms with Crippen molar-refractivity contribution in [3.8, 4) is 0 Å². The molecule has 0 saturated carbocycles. The highest BCUT2D eigenvalue weighted by molar-refractivity contribution is 7.64. The number of imidazole rings is 1. The van der Waals surface area contributed by atoms with Crippen LogP contribution in [0.2, 0.25) is 0 Å². The number of nitrogens with one attached hydrogen (secondary N) is 5. The molecule has 2 aromatic rings.